The molecule has 0 saturated carbocycles. The molecule has 0 unspecified atom stereocenters. The Hall–Kier alpha value is -3.65. The van der Waals surface area contributed by atoms with E-state index in [4.69, 9.17) is 4.74 Å². The Kier molecular flexibility index (Phi) is 6.23. The van der Waals surface area contributed by atoms with E-state index >= 15 is 0 Å². The first-order chi connectivity index (χ1) is 15.4. The van der Waals surface area contributed by atoms with E-state index < -0.39 is 0 Å². The third-order valence-corrected chi connectivity index (χ3v) is 6.26. The highest BCUT2D eigenvalue weighted by molar-refractivity contribution is 7.12. The zero-order valence-electron chi connectivity index (χ0n) is 18.2. The predicted octanol–water partition coefficient (Wildman–Crippen LogP) is 3.82. The minimum absolute atomic E-state index is 0.241. The molecule has 32 heavy (non-hydrogen) atoms. The van der Waals surface area contributed by atoms with Crippen LogP contribution in [-0.2, 0) is 20.2 Å². The Morgan fingerprint density at radius 3 is 2.53 bits per heavy atom. The lowest BCUT2D eigenvalue weighted by Gasteiger charge is -2.25. The van der Waals surface area contributed by atoms with Crippen molar-refractivity contribution in [2.24, 2.45) is 7.05 Å². The molecule has 8 heteroatoms. The molecule has 1 amide bonds. The number of carbonyl (C=O) groups excluding carboxylic acids is 1. The van der Waals surface area contributed by atoms with Crippen LogP contribution in [-0.4, -0.2) is 20.1 Å². The normalized spacial score (nSPS) is 10.8. The van der Waals surface area contributed by atoms with Gasteiger partial charge in [0.25, 0.3) is 11.5 Å². The summed E-state index contributed by atoms with van der Waals surface area (Å²) in [6.45, 7) is 4.38. The summed E-state index contributed by atoms with van der Waals surface area (Å²) in [5.74, 6) is 0.176. The van der Waals surface area contributed by atoms with Crippen LogP contribution in [0.3, 0.4) is 0 Å². The van der Waals surface area contributed by atoms with Crippen molar-refractivity contribution in [2.45, 2.75) is 27.0 Å². The molecule has 0 atom stereocenters. The number of hydrogen-bond acceptors (Lipinski definition) is 5. The van der Waals surface area contributed by atoms with Crippen LogP contribution >= 0.6 is 11.3 Å². The van der Waals surface area contributed by atoms with Crippen molar-refractivity contribution < 1.29 is 9.53 Å². The molecule has 0 radical (unpaired) electrons. The summed E-state index contributed by atoms with van der Waals surface area (Å²) in [5, 5.41) is 1.44. The molecule has 7 nitrogen and oxygen atoms in total. The minimum Gasteiger partial charge on any atom is -0.489 e. The maximum atomic E-state index is 13.4. The smallest absolute Gasteiger partial charge is 0.285 e. The molecule has 3 aromatic heterocycles. The molecule has 0 aliphatic heterocycles. The number of amides is 1. The van der Waals surface area contributed by atoms with Gasteiger partial charge in [-0.3, -0.25) is 9.59 Å². The Morgan fingerprint density at radius 1 is 1.12 bits per heavy atom. The van der Waals surface area contributed by atoms with Gasteiger partial charge in [0.2, 0.25) is 0 Å². The van der Waals surface area contributed by atoms with E-state index in [1.165, 1.54) is 27.1 Å². The SMILES string of the molecule is Cc1ncsc1C(=O)N(Cc1ccc(C)n1C)n1ccc(OCc2ccccc2)cc1=O. The Bertz CT molecular complexity index is 1290. The van der Waals surface area contributed by atoms with E-state index in [0.29, 0.717) is 22.9 Å². The fraction of sp³-hybridized carbons (Fsp3) is 0.208. The Morgan fingerprint density at radius 2 is 1.91 bits per heavy atom. The van der Waals surface area contributed by atoms with Crippen molar-refractivity contribution >= 4 is 17.2 Å². The third-order valence-electron chi connectivity index (χ3n) is 5.34. The van der Waals surface area contributed by atoms with Gasteiger partial charge in [-0.2, -0.15) is 0 Å². The molecule has 0 spiro atoms. The standard InChI is InChI=1S/C24H24N4O3S/c1-17-9-10-20(26(17)3)14-28(24(30)23-18(2)25-16-32-23)27-12-11-21(13-22(27)29)31-15-19-7-5-4-6-8-19/h4-13,16H,14-15H2,1-3H3. The second-order valence-electron chi connectivity index (χ2n) is 7.47. The molecule has 3 heterocycles. The molecule has 0 bridgehead atoms. The molecule has 0 aliphatic rings. The number of nitrogens with zero attached hydrogens (tertiary/aromatic N) is 4. The molecule has 1 aromatic carbocycles. The zero-order valence-corrected chi connectivity index (χ0v) is 19.0. The molecule has 0 aliphatic carbocycles. The zero-order chi connectivity index (χ0) is 22.7. The van der Waals surface area contributed by atoms with E-state index in [2.05, 4.69) is 4.98 Å². The highest BCUT2D eigenvalue weighted by Crippen LogP contribution is 2.18. The van der Waals surface area contributed by atoms with Gasteiger partial charge in [0, 0.05) is 30.7 Å². The van der Waals surface area contributed by atoms with Gasteiger partial charge >= 0.3 is 0 Å². The highest BCUT2D eigenvalue weighted by atomic mass is 32.1. The van der Waals surface area contributed by atoms with Crippen LogP contribution in [0.15, 0.2) is 71.1 Å². The molecular weight excluding hydrogens is 424 g/mol. The van der Waals surface area contributed by atoms with Crippen LogP contribution < -0.4 is 15.3 Å². The number of rotatable bonds is 7. The molecule has 0 fully saturated rings. The monoisotopic (exact) mass is 448 g/mol. The predicted molar refractivity (Wildman–Crippen MR) is 125 cm³/mol. The summed E-state index contributed by atoms with van der Waals surface area (Å²) >= 11 is 1.27. The maximum Gasteiger partial charge on any atom is 0.285 e. The van der Waals surface area contributed by atoms with Gasteiger partial charge in [0.1, 0.15) is 17.2 Å². The fourth-order valence-electron chi connectivity index (χ4n) is 3.33. The largest absolute Gasteiger partial charge is 0.489 e. The maximum absolute atomic E-state index is 13.4. The summed E-state index contributed by atoms with van der Waals surface area (Å²) < 4.78 is 9.11. The summed E-state index contributed by atoms with van der Waals surface area (Å²) in [5.41, 5.74) is 4.92. The minimum atomic E-state index is -0.350. The summed E-state index contributed by atoms with van der Waals surface area (Å²) in [4.78, 5) is 31.1. The Balaban J connectivity index is 1.64. The topological polar surface area (TPSA) is 69.4 Å². The third kappa shape index (κ3) is 4.50. The highest BCUT2D eigenvalue weighted by Gasteiger charge is 2.23. The van der Waals surface area contributed by atoms with Crippen molar-refractivity contribution in [1.29, 1.82) is 0 Å². The van der Waals surface area contributed by atoms with Gasteiger partial charge in [0.05, 0.1) is 17.7 Å². The molecule has 4 rings (SSSR count). The molecular formula is C24H24N4O3S. The summed E-state index contributed by atoms with van der Waals surface area (Å²) in [7, 11) is 1.94. The molecule has 0 saturated heterocycles. The van der Waals surface area contributed by atoms with Crippen LogP contribution in [0.5, 0.6) is 5.75 Å². The van der Waals surface area contributed by atoms with Crippen molar-refractivity contribution in [3.8, 4) is 5.75 Å². The number of ether oxygens (including phenoxy) is 1. The number of aryl methyl sites for hydroxylation is 2. The van der Waals surface area contributed by atoms with Crippen LogP contribution in [0.4, 0.5) is 0 Å². The molecule has 0 N–H and O–H groups in total. The first-order valence-corrected chi connectivity index (χ1v) is 11.0. The van der Waals surface area contributed by atoms with Gasteiger partial charge in [-0.15, -0.1) is 11.3 Å². The van der Waals surface area contributed by atoms with Crippen LogP contribution in [0.1, 0.15) is 32.3 Å². The van der Waals surface area contributed by atoms with Crippen molar-refractivity contribution in [3.63, 3.8) is 0 Å². The van der Waals surface area contributed by atoms with E-state index in [9.17, 15) is 9.59 Å². The lowest BCUT2D eigenvalue weighted by molar-refractivity contribution is 0.0956. The summed E-state index contributed by atoms with van der Waals surface area (Å²) in [6, 6.07) is 16.8. The first-order valence-electron chi connectivity index (χ1n) is 10.2. The van der Waals surface area contributed by atoms with E-state index in [0.717, 1.165) is 17.0 Å². The molecule has 164 valence electrons. The average molecular weight is 449 g/mol. The fourth-order valence-corrected chi connectivity index (χ4v) is 4.08. The Labute approximate surface area is 190 Å². The van der Waals surface area contributed by atoms with Crippen LogP contribution in [0.25, 0.3) is 0 Å². The van der Waals surface area contributed by atoms with Crippen LogP contribution in [0.2, 0.25) is 0 Å². The van der Waals surface area contributed by atoms with E-state index in [1.807, 2.05) is 61.0 Å². The number of benzene rings is 1. The van der Waals surface area contributed by atoms with E-state index in [-0.39, 0.29) is 18.0 Å². The van der Waals surface area contributed by atoms with Crippen LogP contribution in [0, 0.1) is 13.8 Å². The summed E-state index contributed by atoms with van der Waals surface area (Å²) in [6.07, 6.45) is 1.58. The van der Waals surface area contributed by atoms with Crippen molar-refractivity contribution in [3.05, 3.63) is 104 Å². The number of aromatic nitrogens is 3. The van der Waals surface area contributed by atoms with Gasteiger partial charge < -0.3 is 9.30 Å². The number of thiazole rings is 1. The lowest BCUT2D eigenvalue weighted by atomic mass is 10.2. The number of carbonyl (C=O) groups is 1. The van der Waals surface area contributed by atoms with E-state index in [1.54, 1.807) is 24.7 Å². The van der Waals surface area contributed by atoms with Gasteiger partial charge in [-0.25, -0.2) is 14.7 Å². The lowest BCUT2D eigenvalue weighted by Crippen LogP contribution is -2.45. The van der Waals surface area contributed by atoms with Gasteiger partial charge in [-0.1, -0.05) is 30.3 Å². The second kappa shape index (κ2) is 9.23. The first kappa shape index (κ1) is 21.6. The number of hydrogen-bond donors (Lipinski definition) is 0. The van der Waals surface area contributed by atoms with Gasteiger partial charge in [-0.05, 0) is 37.6 Å². The average Bonchev–Trinajstić information content (AvgIpc) is 3.37. The second-order valence-corrected chi connectivity index (χ2v) is 8.33. The van der Waals surface area contributed by atoms with Crippen molar-refractivity contribution in [1.82, 2.24) is 14.2 Å². The van der Waals surface area contributed by atoms with Crippen molar-refractivity contribution in [2.75, 3.05) is 5.01 Å². The van der Waals surface area contributed by atoms with Gasteiger partial charge in [0.15, 0.2) is 0 Å². The number of pyridine rings is 1. The quantitative estimate of drug-likeness (QED) is 0.431. The molecule has 4 aromatic rings.